The molecule has 0 saturated heterocycles. The van der Waals surface area contributed by atoms with E-state index >= 15 is 8.78 Å². The number of amides is 1. The summed E-state index contributed by atoms with van der Waals surface area (Å²) in [4.78, 5) is 30.9. The summed E-state index contributed by atoms with van der Waals surface area (Å²) in [5, 5.41) is 4.67. The normalized spacial score (nSPS) is 24.3. The minimum Gasteiger partial charge on any atom is -0.327 e. The zero-order valence-corrected chi connectivity index (χ0v) is 20.8. The average Bonchev–Trinajstić information content (AvgIpc) is 3.86. The molecule has 0 radical (unpaired) electrons. The molecule has 2 fully saturated rings. The molecule has 38 heavy (non-hydrogen) atoms. The van der Waals surface area contributed by atoms with Crippen LogP contribution in [0, 0.1) is 11.7 Å². The molecule has 1 aliphatic heterocycles. The zero-order valence-electron chi connectivity index (χ0n) is 20.8. The molecule has 2 saturated carbocycles. The van der Waals surface area contributed by atoms with Crippen LogP contribution in [0.4, 0.5) is 8.78 Å². The van der Waals surface area contributed by atoms with Crippen molar-refractivity contribution in [3.8, 4) is 11.3 Å². The van der Waals surface area contributed by atoms with Gasteiger partial charge in [0, 0.05) is 29.2 Å². The van der Waals surface area contributed by atoms with Crippen molar-refractivity contribution in [1.29, 1.82) is 0 Å². The molecule has 1 unspecified atom stereocenters. The number of rotatable bonds is 5. The SMILES string of the molecule is C[C@@H]1c2ccccc2C(F)CN1C(=O)c1cc(C2CC2)n2nc(-c3ccc([C@H]4C[C@@H]4C=O)cc3F)cc2n1. The van der Waals surface area contributed by atoms with Gasteiger partial charge >= 0.3 is 0 Å². The van der Waals surface area contributed by atoms with Crippen LogP contribution in [0.1, 0.15) is 83.1 Å². The standard InChI is InChI=1S/C30H26F2N4O2/c1-16-20-4-2-3-5-21(20)25(32)14-35(16)30(38)27-12-28(17-6-7-17)36-29(33-27)13-26(34-36)22-9-8-18(11-24(22)31)23-10-19(23)15-37/h2-5,8-9,11-13,15-17,19,23,25H,6-7,10,14H2,1H3/t16-,19-,23-,25?/m1/s1. The molecule has 8 heteroatoms. The van der Waals surface area contributed by atoms with Crippen molar-refractivity contribution in [2.24, 2.45) is 5.92 Å². The van der Waals surface area contributed by atoms with Gasteiger partial charge in [-0.15, -0.1) is 0 Å². The van der Waals surface area contributed by atoms with Crippen LogP contribution in [-0.2, 0) is 4.79 Å². The van der Waals surface area contributed by atoms with Gasteiger partial charge in [0.15, 0.2) is 5.65 Å². The van der Waals surface area contributed by atoms with E-state index in [4.69, 9.17) is 0 Å². The second-order valence-electron chi connectivity index (χ2n) is 10.8. The Bertz CT molecular complexity index is 1610. The monoisotopic (exact) mass is 512 g/mol. The van der Waals surface area contributed by atoms with Crippen molar-refractivity contribution in [3.63, 3.8) is 0 Å². The Hall–Kier alpha value is -3.94. The smallest absolute Gasteiger partial charge is 0.273 e. The highest BCUT2D eigenvalue weighted by atomic mass is 19.1. The summed E-state index contributed by atoms with van der Waals surface area (Å²) in [5.74, 6) is -0.425. The molecule has 4 aromatic rings. The van der Waals surface area contributed by atoms with Crippen molar-refractivity contribution in [1.82, 2.24) is 19.5 Å². The van der Waals surface area contributed by atoms with Gasteiger partial charge in [-0.05, 0) is 67.0 Å². The lowest BCUT2D eigenvalue weighted by molar-refractivity contribution is -0.108. The summed E-state index contributed by atoms with van der Waals surface area (Å²) >= 11 is 0. The fraction of sp³-hybridized carbons (Fsp3) is 0.333. The predicted molar refractivity (Wildman–Crippen MR) is 137 cm³/mol. The van der Waals surface area contributed by atoms with Crippen molar-refractivity contribution in [3.05, 3.63) is 88.5 Å². The van der Waals surface area contributed by atoms with Crippen molar-refractivity contribution in [2.75, 3.05) is 6.54 Å². The molecule has 3 aliphatic rings. The van der Waals surface area contributed by atoms with Crippen molar-refractivity contribution in [2.45, 2.75) is 50.2 Å². The zero-order chi connectivity index (χ0) is 26.1. The number of hydrogen-bond donors (Lipinski definition) is 0. The van der Waals surface area contributed by atoms with E-state index in [0.717, 1.165) is 42.4 Å². The minimum atomic E-state index is -1.26. The number of benzene rings is 2. The third-order valence-corrected chi connectivity index (χ3v) is 8.25. The Labute approximate surface area is 218 Å². The largest absolute Gasteiger partial charge is 0.327 e. The molecule has 7 rings (SSSR count). The first-order valence-corrected chi connectivity index (χ1v) is 13.1. The number of alkyl halides is 1. The number of carbonyl (C=O) groups is 2. The second kappa shape index (κ2) is 8.55. The Balaban J connectivity index is 1.25. The summed E-state index contributed by atoms with van der Waals surface area (Å²) in [6.45, 7) is 1.88. The lowest BCUT2D eigenvalue weighted by Gasteiger charge is -2.36. The maximum atomic E-state index is 15.2. The fourth-order valence-electron chi connectivity index (χ4n) is 5.81. The van der Waals surface area contributed by atoms with Gasteiger partial charge in [0.25, 0.3) is 5.91 Å². The maximum absolute atomic E-state index is 15.2. The summed E-state index contributed by atoms with van der Waals surface area (Å²) in [5.41, 5.74) is 4.59. The maximum Gasteiger partial charge on any atom is 0.273 e. The minimum absolute atomic E-state index is 0.0273. The van der Waals surface area contributed by atoms with E-state index in [1.807, 2.05) is 31.2 Å². The van der Waals surface area contributed by atoms with Crippen LogP contribution in [0.5, 0.6) is 0 Å². The molecule has 2 aromatic carbocycles. The molecule has 4 atom stereocenters. The third kappa shape index (κ3) is 3.73. The number of carbonyl (C=O) groups excluding carboxylic acids is 2. The highest BCUT2D eigenvalue weighted by Gasteiger charge is 2.39. The number of halogens is 2. The van der Waals surface area contributed by atoms with Crippen LogP contribution in [-0.4, -0.2) is 38.2 Å². The average molecular weight is 513 g/mol. The van der Waals surface area contributed by atoms with E-state index in [9.17, 15) is 9.59 Å². The Morgan fingerprint density at radius 1 is 1.08 bits per heavy atom. The van der Waals surface area contributed by atoms with Gasteiger partial charge in [0.05, 0.1) is 18.3 Å². The number of hydrogen-bond acceptors (Lipinski definition) is 4. The lowest BCUT2D eigenvalue weighted by Crippen LogP contribution is -2.40. The van der Waals surface area contributed by atoms with Crippen molar-refractivity contribution >= 4 is 17.8 Å². The highest BCUT2D eigenvalue weighted by molar-refractivity contribution is 5.93. The summed E-state index contributed by atoms with van der Waals surface area (Å²) in [7, 11) is 0. The number of aldehydes is 1. The van der Waals surface area contributed by atoms with E-state index in [0.29, 0.717) is 22.5 Å². The molecule has 2 aromatic heterocycles. The predicted octanol–water partition coefficient (Wildman–Crippen LogP) is 5.94. The summed E-state index contributed by atoms with van der Waals surface area (Å²) < 4.78 is 31.9. The Kier molecular flexibility index (Phi) is 5.22. The lowest BCUT2D eigenvalue weighted by atomic mass is 9.92. The van der Waals surface area contributed by atoms with Crippen molar-refractivity contribution < 1.29 is 18.4 Å². The van der Waals surface area contributed by atoms with Crippen LogP contribution < -0.4 is 0 Å². The summed E-state index contributed by atoms with van der Waals surface area (Å²) in [6, 6.07) is 15.5. The van der Waals surface area contributed by atoms with Crippen LogP contribution in [0.3, 0.4) is 0 Å². The first-order chi connectivity index (χ1) is 18.4. The van der Waals surface area contributed by atoms with Gasteiger partial charge in [-0.25, -0.2) is 18.3 Å². The molecule has 1 amide bonds. The summed E-state index contributed by atoms with van der Waals surface area (Å²) in [6.07, 6.45) is 2.38. The van der Waals surface area contributed by atoms with E-state index in [-0.39, 0.29) is 41.9 Å². The van der Waals surface area contributed by atoms with Crippen LogP contribution in [0.15, 0.2) is 54.6 Å². The molecule has 0 spiro atoms. The Morgan fingerprint density at radius 3 is 2.58 bits per heavy atom. The van der Waals surface area contributed by atoms with Gasteiger partial charge in [-0.3, -0.25) is 4.79 Å². The highest BCUT2D eigenvalue weighted by Crippen LogP contribution is 2.47. The topological polar surface area (TPSA) is 67.6 Å². The van der Waals surface area contributed by atoms with E-state index in [1.54, 1.807) is 33.7 Å². The van der Waals surface area contributed by atoms with Crippen LogP contribution >= 0.6 is 0 Å². The van der Waals surface area contributed by atoms with Crippen LogP contribution in [0.2, 0.25) is 0 Å². The van der Waals surface area contributed by atoms with Gasteiger partial charge < -0.3 is 9.69 Å². The van der Waals surface area contributed by atoms with Gasteiger partial charge in [0.2, 0.25) is 0 Å². The fourth-order valence-corrected chi connectivity index (χ4v) is 5.81. The molecule has 6 nitrogen and oxygen atoms in total. The second-order valence-corrected chi connectivity index (χ2v) is 10.8. The third-order valence-electron chi connectivity index (χ3n) is 8.25. The molecule has 192 valence electrons. The number of aromatic nitrogens is 3. The number of fused-ring (bicyclic) bond motifs is 2. The van der Waals surface area contributed by atoms with Gasteiger partial charge in [-0.2, -0.15) is 5.10 Å². The van der Waals surface area contributed by atoms with Gasteiger partial charge in [-0.1, -0.05) is 30.3 Å². The van der Waals surface area contributed by atoms with E-state index < -0.39 is 12.0 Å². The molecular weight excluding hydrogens is 486 g/mol. The van der Waals surface area contributed by atoms with Crippen LogP contribution in [0.25, 0.3) is 16.9 Å². The molecular formula is C30H26F2N4O2. The number of nitrogens with zero attached hydrogens (tertiary/aromatic N) is 4. The molecule has 3 heterocycles. The molecule has 2 aliphatic carbocycles. The van der Waals surface area contributed by atoms with E-state index in [2.05, 4.69) is 10.1 Å². The van der Waals surface area contributed by atoms with Gasteiger partial charge in [0.1, 0.15) is 24.0 Å². The molecule has 0 bridgehead atoms. The Morgan fingerprint density at radius 2 is 1.87 bits per heavy atom. The molecule has 0 N–H and O–H groups in total. The first-order valence-electron chi connectivity index (χ1n) is 13.1. The van der Waals surface area contributed by atoms with E-state index in [1.165, 1.54) is 6.07 Å². The quantitative estimate of drug-likeness (QED) is 0.310. The first kappa shape index (κ1) is 23.2.